The maximum absolute atomic E-state index is 14.1. The van der Waals surface area contributed by atoms with Gasteiger partial charge in [-0.15, -0.1) is 11.3 Å². The number of piperazine rings is 1. The third-order valence-corrected chi connectivity index (χ3v) is 15.1. The first kappa shape index (κ1) is 49.1. The molecule has 68 heavy (non-hydrogen) atoms. The normalized spacial score (nSPS) is 22.6. The highest BCUT2D eigenvalue weighted by molar-refractivity contribution is 7.09. The number of carbonyl (C=O) groups is 3. The van der Waals surface area contributed by atoms with Crippen LogP contribution < -0.4 is 15.4 Å². The fraction of sp³-hybridized carbons (Fsp3) is 0.481. The van der Waals surface area contributed by atoms with Gasteiger partial charge in [-0.2, -0.15) is 0 Å². The van der Waals surface area contributed by atoms with Crippen LogP contribution in [0.25, 0.3) is 0 Å². The number of aliphatic hydroxyl groups is 1. The highest BCUT2D eigenvalue weighted by Gasteiger charge is 2.44. The molecule has 3 amide bonds. The van der Waals surface area contributed by atoms with Gasteiger partial charge >= 0.3 is 0 Å². The van der Waals surface area contributed by atoms with Gasteiger partial charge in [0.1, 0.15) is 36.8 Å². The number of nitrogens with one attached hydrogen (secondary N) is 2. The summed E-state index contributed by atoms with van der Waals surface area (Å²) in [5.41, 5.74) is 8.31. The van der Waals surface area contributed by atoms with Crippen LogP contribution in [0.15, 0.2) is 102 Å². The van der Waals surface area contributed by atoms with Crippen LogP contribution in [0.2, 0.25) is 0 Å². The average Bonchev–Trinajstić information content (AvgIpc) is 3.96. The SMILES string of the molecule is Cc1ncsc1C1C=CC(CNC(=O)[C@@H]2C[C@@H](O)CN2C(=O)[C@@H](NC(=O)COCCN2CCN(CCOc3ccc([C@@H]4c5ccc(O)cc5CC[C@@H]4c4ccccc4)cc3)CC2)C(C)(C)C)=CC1. The Bertz CT molecular complexity index is 2410. The van der Waals surface area contributed by atoms with Gasteiger partial charge in [-0.3, -0.25) is 24.2 Å². The van der Waals surface area contributed by atoms with Gasteiger partial charge in [0.2, 0.25) is 17.7 Å². The number of carbonyl (C=O) groups excluding carboxylic acids is 3. The molecular weight excluding hydrogens is 877 g/mol. The molecule has 1 unspecified atom stereocenters. The third-order valence-electron chi connectivity index (χ3n) is 14.0. The lowest BCUT2D eigenvalue weighted by Gasteiger charge is -2.35. The molecule has 3 aromatic carbocycles. The molecule has 0 spiro atoms. The van der Waals surface area contributed by atoms with Crippen LogP contribution >= 0.6 is 11.3 Å². The van der Waals surface area contributed by atoms with E-state index >= 15 is 0 Å². The van der Waals surface area contributed by atoms with Gasteiger partial charge in [-0.1, -0.05) is 87.5 Å². The molecule has 6 atom stereocenters. The number of ether oxygens (including phenoxy) is 2. The number of hydrogen-bond donors (Lipinski definition) is 4. The minimum absolute atomic E-state index is 0.0173. The van der Waals surface area contributed by atoms with Crippen molar-refractivity contribution in [2.24, 2.45) is 5.41 Å². The van der Waals surface area contributed by atoms with E-state index in [1.54, 1.807) is 17.4 Å². The number of aryl methyl sites for hydroxylation is 2. The van der Waals surface area contributed by atoms with Crippen molar-refractivity contribution in [2.75, 3.05) is 72.2 Å². The predicted molar refractivity (Wildman–Crippen MR) is 265 cm³/mol. The smallest absolute Gasteiger partial charge is 0.246 e. The summed E-state index contributed by atoms with van der Waals surface area (Å²) in [7, 11) is 0. The number of thiazole rings is 1. The fourth-order valence-electron chi connectivity index (χ4n) is 10.2. The van der Waals surface area contributed by atoms with Gasteiger partial charge in [0.25, 0.3) is 0 Å². The van der Waals surface area contributed by atoms with Gasteiger partial charge in [-0.25, -0.2) is 4.98 Å². The van der Waals surface area contributed by atoms with E-state index in [1.165, 1.54) is 32.0 Å². The van der Waals surface area contributed by atoms with Crippen LogP contribution in [0, 0.1) is 12.3 Å². The van der Waals surface area contributed by atoms with E-state index in [2.05, 4.69) is 98.2 Å². The third kappa shape index (κ3) is 12.3. The predicted octanol–water partition coefficient (Wildman–Crippen LogP) is 6.31. The Morgan fingerprint density at radius 2 is 1.68 bits per heavy atom. The maximum Gasteiger partial charge on any atom is 0.246 e. The Morgan fingerprint density at radius 3 is 2.35 bits per heavy atom. The van der Waals surface area contributed by atoms with E-state index in [4.69, 9.17) is 9.47 Å². The van der Waals surface area contributed by atoms with Crippen molar-refractivity contribution in [3.8, 4) is 11.5 Å². The van der Waals surface area contributed by atoms with Crippen LogP contribution in [0.4, 0.5) is 0 Å². The second kappa shape index (κ2) is 22.4. The molecule has 3 heterocycles. The summed E-state index contributed by atoms with van der Waals surface area (Å²) >= 11 is 1.65. The average molecular weight is 945 g/mol. The van der Waals surface area contributed by atoms with Crippen molar-refractivity contribution >= 4 is 29.1 Å². The van der Waals surface area contributed by atoms with Crippen LogP contribution in [-0.2, 0) is 25.5 Å². The zero-order valence-corrected chi connectivity index (χ0v) is 40.8. The molecule has 0 bridgehead atoms. The number of β-amino-alcohol motifs (C(OH)–C–C–N with tert-alkyl or cyclic N) is 1. The fourth-order valence-corrected chi connectivity index (χ4v) is 11.1. The molecule has 8 rings (SSSR count). The Labute approximate surface area is 405 Å². The summed E-state index contributed by atoms with van der Waals surface area (Å²) in [6.45, 7) is 13.8. The molecule has 2 fully saturated rings. The first-order chi connectivity index (χ1) is 32.8. The molecule has 0 radical (unpaired) electrons. The molecule has 4 aliphatic rings. The Kier molecular flexibility index (Phi) is 16.1. The minimum atomic E-state index is -0.920. The number of rotatable bonds is 17. The van der Waals surface area contributed by atoms with Gasteiger partial charge in [0.15, 0.2) is 0 Å². The summed E-state index contributed by atoms with van der Waals surface area (Å²) in [5, 5.41) is 26.7. The highest BCUT2D eigenvalue weighted by atomic mass is 32.1. The van der Waals surface area contributed by atoms with Gasteiger partial charge < -0.3 is 35.2 Å². The standard InChI is InChI=1S/C54H68N6O7S/c1-36-50(68-35-56-36)40-12-10-37(11-13-40)32-55-52(64)47-31-43(62)33-60(47)53(65)51(54(2,3)4)57-48(63)34-66-28-26-58-22-24-59(25-23-58)27-29-67-44-18-14-39(15-19-44)49-45(38-8-6-5-7-9-38)20-16-41-30-42(61)17-21-46(41)49/h5-12,14-15,17-19,21,30,35,40,43,45,47,49,51,61-62H,13,16,20,22-29,31-34H2,1-4H3,(H,55,64)(H,57,63)/t40?,43-,45-,47+,49+,51-/m1/s1. The second-order valence-electron chi connectivity index (χ2n) is 19.8. The molecule has 4 N–H and O–H groups in total. The van der Waals surface area contributed by atoms with E-state index in [1.807, 2.05) is 45.3 Å². The zero-order chi connectivity index (χ0) is 47.8. The van der Waals surface area contributed by atoms with Crippen molar-refractivity contribution in [3.05, 3.63) is 135 Å². The highest BCUT2D eigenvalue weighted by Crippen LogP contribution is 2.47. The number of likely N-dealkylation sites (tertiary alicyclic amines) is 1. The zero-order valence-electron chi connectivity index (χ0n) is 39.9. The van der Waals surface area contributed by atoms with Crippen molar-refractivity contribution in [1.82, 2.24) is 30.3 Å². The van der Waals surface area contributed by atoms with E-state index in [0.29, 0.717) is 38.0 Å². The largest absolute Gasteiger partial charge is 0.508 e. The number of phenolic OH excluding ortho intramolecular Hbond substituents is 1. The number of allylic oxidation sites excluding steroid dienone is 2. The number of aromatic nitrogens is 1. The molecule has 4 aromatic rings. The molecule has 0 saturated carbocycles. The van der Waals surface area contributed by atoms with Crippen molar-refractivity contribution in [3.63, 3.8) is 0 Å². The molecule has 14 heteroatoms. The lowest BCUT2D eigenvalue weighted by atomic mass is 9.69. The summed E-state index contributed by atoms with van der Waals surface area (Å²) in [5.74, 6) is 0.856. The Balaban J connectivity index is 0.735. The lowest BCUT2D eigenvalue weighted by Crippen LogP contribution is -2.58. The van der Waals surface area contributed by atoms with E-state index in [-0.39, 0.29) is 37.3 Å². The number of hydrogen-bond acceptors (Lipinski definition) is 11. The number of phenols is 1. The number of fused-ring (bicyclic) bond motifs is 1. The van der Waals surface area contributed by atoms with Crippen molar-refractivity contribution in [2.45, 2.75) is 89.3 Å². The Hall–Kier alpha value is -5.38. The van der Waals surface area contributed by atoms with E-state index in [0.717, 1.165) is 69.0 Å². The van der Waals surface area contributed by atoms with Crippen LogP contribution in [0.5, 0.6) is 11.5 Å². The van der Waals surface area contributed by atoms with Crippen molar-refractivity contribution < 1.29 is 34.1 Å². The molecule has 2 aliphatic carbocycles. The van der Waals surface area contributed by atoms with Gasteiger partial charge in [0, 0.05) is 75.5 Å². The number of benzene rings is 3. The second-order valence-corrected chi connectivity index (χ2v) is 20.7. The maximum atomic E-state index is 14.1. The van der Waals surface area contributed by atoms with Gasteiger partial charge in [-0.05, 0) is 89.6 Å². The molecule has 2 aliphatic heterocycles. The summed E-state index contributed by atoms with van der Waals surface area (Å²) in [4.78, 5) is 52.5. The monoisotopic (exact) mass is 944 g/mol. The molecule has 13 nitrogen and oxygen atoms in total. The number of amides is 3. The summed E-state index contributed by atoms with van der Waals surface area (Å²) in [6.07, 6.45) is 8.37. The molecular formula is C54H68N6O7S. The number of nitrogens with zero attached hydrogens (tertiary/aromatic N) is 4. The van der Waals surface area contributed by atoms with Crippen LogP contribution in [-0.4, -0.2) is 138 Å². The number of aliphatic hydroxyl groups excluding tert-OH is 1. The molecule has 362 valence electrons. The quantitative estimate of drug-likeness (QED) is 0.0886. The summed E-state index contributed by atoms with van der Waals surface area (Å²) < 4.78 is 12.0. The Morgan fingerprint density at radius 1 is 0.941 bits per heavy atom. The number of aromatic hydroxyl groups is 1. The first-order valence-electron chi connectivity index (χ1n) is 24.3. The lowest BCUT2D eigenvalue weighted by molar-refractivity contribution is -0.144. The molecule has 1 aromatic heterocycles. The van der Waals surface area contributed by atoms with Crippen molar-refractivity contribution in [1.29, 1.82) is 0 Å². The van der Waals surface area contributed by atoms with Crippen LogP contribution in [0.3, 0.4) is 0 Å². The topological polar surface area (TPSA) is 157 Å². The van der Waals surface area contributed by atoms with Crippen LogP contribution in [0.1, 0.15) is 90.6 Å². The first-order valence-corrected chi connectivity index (χ1v) is 25.1. The minimum Gasteiger partial charge on any atom is -0.508 e. The van der Waals surface area contributed by atoms with Gasteiger partial charge in [0.05, 0.1) is 23.9 Å². The molecule has 2 saturated heterocycles. The summed E-state index contributed by atoms with van der Waals surface area (Å²) in [6, 6.07) is 23.3. The van der Waals surface area contributed by atoms with E-state index < -0.39 is 35.4 Å². The van der Waals surface area contributed by atoms with E-state index in [9.17, 15) is 24.6 Å².